The first-order valence-corrected chi connectivity index (χ1v) is 7.82. The maximum Gasteiger partial charge on any atom is 0.355 e. The maximum absolute atomic E-state index is 12.1. The van der Waals surface area contributed by atoms with E-state index >= 15 is 0 Å². The van der Waals surface area contributed by atoms with Gasteiger partial charge in [0.15, 0.2) is 0 Å². The summed E-state index contributed by atoms with van der Waals surface area (Å²) in [6.45, 7) is 0. The van der Waals surface area contributed by atoms with Crippen molar-refractivity contribution < 1.29 is 9.72 Å². The Balaban J connectivity index is 1.88. The number of carbonyl (C=O) groups is 1. The van der Waals surface area contributed by atoms with Crippen LogP contribution in [0.4, 0.5) is 23.0 Å². The first kappa shape index (κ1) is 17.7. The van der Waals surface area contributed by atoms with Crippen molar-refractivity contribution >= 4 is 28.9 Å². The minimum Gasteiger partial charge on any atom is -0.324 e. The number of pyridine rings is 1. The van der Waals surface area contributed by atoms with Crippen LogP contribution in [0, 0.1) is 10.1 Å². The standard InChI is InChI=1S/C17H15N7O3/c1-23(13-7-3-2-4-8-13)16-14(24(26)27)15(19-11-20-16)21-22-17(25)12-6-5-9-18-10-12/h2-11H,1H3,(H,22,25)(H,19,20,21). The summed E-state index contributed by atoms with van der Waals surface area (Å²) >= 11 is 0. The van der Waals surface area contributed by atoms with Crippen molar-refractivity contribution in [3.8, 4) is 0 Å². The molecule has 10 nitrogen and oxygen atoms in total. The van der Waals surface area contributed by atoms with Gasteiger partial charge < -0.3 is 4.90 Å². The van der Waals surface area contributed by atoms with Crippen molar-refractivity contribution in [3.05, 3.63) is 76.9 Å². The minimum atomic E-state index is -0.604. The van der Waals surface area contributed by atoms with Crippen LogP contribution in [0.5, 0.6) is 0 Å². The summed E-state index contributed by atoms with van der Waals surface area (Å²) in [5.74, 6) is -0.557. The predicted molar refractivity (Wildman–Crippen MR) is 98.5 cm³/mol. The van der Waals surface area contributed by atoms with Gasteiger partial charge in [-0.1, -0.05) is 18.2 Å². The number of anilines is 3. The molecule has 3 rings (SSSR count). The molecule has 2 aromatic heterocycles. The zero-order chi connectivity index (χ0) is 19.2. The van der Waals surface area contributed by atoms with Crippen LogP contribution in [0.25, 0.3) is 0 Å². The maximum atomic E-state index is 12.1. The molecule has 27 heavy (non-hydrogen) atoms. The normalized spacial score (nSPS) is 10.1. The van der Waals surface area contributed by atoms with E-state index in [1.165, 1.54) is 18.7 Å². The third-order valence-corrected chi connectivity index (χ3v) is 3.66. The van der Waals surface area contributed by atoms with Gasteiger partial charge in [0, 0.05) is 25.1 Å². The average Bonchev–Trinajstić information content (AvgIpc) is 2.72. The topological polar surface area (TPSA) is 126 Å². The number of carbonyl (C=O) groups excluding carboxylic acids is 1. The van der Waals surface area contributed by atoms with Crippen LogP contribution in [-0.4, -0.2) is 32.8 Å². The number of nitro groups is 1. The summed E-state index contributed by atoms with van der Waals surface area (Å²) in [6, 6.07) is 12.2. The molecule has 0 spiro atoms. The molecule has 0 atom stereocenters. The largest absolute Gasteiger partial charge is 0.355 e. The highest BCUT2D eigenvalue weighted by molar-refractivity contribution is 5.94. The minimum absolute atomic E-state index is 0.0827. The number of hydrogen-bond acceptors (Lipinski definition) is 8. The molecule has 0 radical (unpaired) electrons. The third kappa shape index (κ3) is 3.95. The van der Waals surface area contributed by atoms with Crippen LogP contribution >= 0.6 is 0 Å². The molecular weight excluding hydrogens is 350 g/mol. The second-order valence-corrected chi connectivity index (χ2v) is 5.37. The van der Waals surface area contributed by atoms with Crippen LogP contribution in [0.1, 0.15) is 10.4 Å². The molecule has 0 unspecified atom stereocenters. The number of rotatable bonds is 6. The van der Waals surface area contributed by atoms with Crippen LogP contribution in [0.15, 0.2) is 61.2 Å². The SMILES string of the molecule is CN(c1ccccc1)c1ncnc(NNC(=O)c2cccnc2)c1[N+](=O)[O-]. The Hall–Kier alpha value is -4.08. The molecule has 2 N–H and O–H groups in total. The zero-order valence-electron chi connectivity index (χ0n) is 14.2. The Morgan fingerprint density at radius 3 is 2.59 bits per heavy atom. The summed E-state index contributed by atoms with van der Waals surface area (Å²) in [6.07, 6.45) is 4.09. The fourth-order valence-corrected chi connectivity index (χ4v) is 2.33. The van der Waals surface area contributed by atoms with E-state index < -0.39 is 10.8 Å². The molecule has 10 heteroatoms. The van der Waals surface area contributed by atoms with Crippen LogP contribution in [-0.2, 0) is 0 Å². The molecule has 0 aliphatic heterocycles. The smallest absolute Gasteiger partial charge is 0.324 e. The third-order valence-electron chi connectivity index (χ3n) is 3.66. The summed E-state index contributed by atoms with van der Waals surface area (Å²) < 4.78 is 0. The van der Waals surface area contributed by atoms with Crippen molar-refractivity contribution in [1.29, 1.82) is 0 Å². The second kappa shape index (κ2) is 7.87. The first-order chi connectivity index (χ1) is 13.1. The van der Waals surface area contributed by atoms with Crippen molar-refractivity contribution in [2.24, 2.45) is 0 Å². The summed E-state index contributed by atoms with van der Waals surface area (Å²) in [5.41, 5.74) is 5.51. The van der Waals surface area contributed by atoms with Crippen molar-refractivity contribution in [2.45, 2.75) is 0 Å². The van der Waals surface area contributed by atoms with Gasteiger partial charge in [-0.2, -0.15) is 0 Å². The van der Waals surface area contributed by atoms with E-state index in [0.29, 0.717) is 11.3 Å². The second-order valence-electron chi connectivity index (χ2n) is 5.37. The molecule has 0 aliphatic rings. The molecule has 1 aromatic carbocycles. The van der Waals surface area contributed by atoms with Crippen LogP contribution < -0.4 is 15.8 Å². The summed E-state index contributed by atoms with van der Waals surface area (Å²) in [7, 11) is 1.66. The number of nitrogens with zero attached hydrogens (tertiary/aromatic N) is 5. The fourth-order valence-electron chi connectivity index (χ4n) is 2.33. The van der Waals surface area contributed by atoms with Gasteiger partial charge in [0.2, 0.25) is 11.6 Å². The van der Waals surface area contributed by atoms with Crippen molar-refractivity contribution in [1.82, 2.24) is 20.4 Å². The highest BCUT2D eigenvalue weighted by Crippen LogP contribution is 2.34. The number of benzene rings is 1. The number of aromatic nitrogens is 3. The van der Waals surface area contributed by atoms with E-state index in [1.807, 2.05) is 18.2 Å². The molecule has 136 valence electrons. The number of para-hydroxylation sites is 1. The van der Waals surface area contributed by atoms with E-state index in [9.17, 15) is 14.9 Å². The molecule has 1 amide bonds. The molecule has 0 saturated carbocycles. The number of hydrazine groups is 1. The quantitative estimate of drug-likeness (QED) is 0.503. The van der Waals surface area contributed by atoms with Gasteiger partial charge in [0.05, 0.1) is 10.5 Å². The lowest BCUT2D eigenvalue weighted by Gasteiger charge is -2.18. The molecule has 0 saturated heterocycles. The van der Waals surface area contributed by atoms with Gasteiger partial charge in [-0.05, 0) is 24.3 Å². The van der Waals surface area contributed by atoms with E-state index in [4.69, 9.17) is 0 Å². The molecule has 0 fully saturated rings. The van der Waals surface area contributed by atoms with Crippen molar-refractivity contribution in [2.75, 3.05) is 17.4 Å². The Labute approximate surface area is 154 Å². The zero-order valence-corrected chi connectivity index (χ0v) is 14.2. The monoisotopic (exact) mass is 365 g/mol. The van der Waals surface area contributed by atoms with Gasteiger partial charge in [-0.15, -0.1) is 0 Å². The van der Waals surface area contributed by atoms with Gasteiger partial charge in [0.25, 0.3) is 5.91 Å². The van der Waals surface area contributed by atoms with Crippen LogP contribution in [0.3, 0.4) is 0 Å². The van der Waals surface area contributed by atoms with Crippen molar-refractivity contribution in [3.63, 3.8) is 0 Å². The Kier molecular flexibility index (Phi) is 5.17. The predicted octanol–water partition coefficient (Wildman–Crippen LogP) is 2.30. The van der Waals surface area contributed by atoms with Crippen LogP contribution in [0.2, 0.25) is 0 Å². The number of amides is 1. The lowest BCUT2D eigenvalue weighted by molar-refractivity contribution is -0.383. The lowest BCUT2D eigenvalue weighted by Crippen LogP contribution is -2.30. The van der Waals surface area contributed by atoms with E-state index in [-0.39, 0.29) is 17.3 Å². The summed E-state index contributed by atoms with van der Waals surface area (Å²) in [4.78, 5) is 36.5. The van der Waals surface area contributed by atoms with Gasteiger partial charge in [-0.25, -0.2) is 9.97 Å². The fraction of sp³-hybridized carbons (Fsp3) is 0.0588. The number of hydrogen-bond donors (Lipinski definition) is 2. The molecule has 0 aliphatic carbocycles. The lowest BCUT2D eigenvalue weighted by atomic mass is 10.3. The Morgan fingerprint density at radius 1 is 1.15 bits per heavy atom. The Morgan fingerprint density at radius 2 is 1.93 bits per heavy atom. The van der Waals surface area contributed by atoms with Gasteiger partial charge in [0.1, 0.15) is 6.33 Å². The van der Waals surface area contributed by atoms with E-state index in [1.54, 1.807) is 36.2 Å². The first-order valence-electron chi connectivity index (χ1n) is 7.82. The van der Waals surface area contributed by atoms with Gasteiger partial charge >= 0.3 is 5.69 Å². The van der Waals surface area contributed by atoms with E-state index in [2.05, 4.69) is 25.8 Å². The molecule has 3 aromatic rings. The highest BCUT2D eigenvalue weighted by atomic mass is 16.6. The summed E-state index contributed by atoms with van der Waals surface area (Å²) in [5, 5.41) is 11.6. The van der Waals surface area contributed by atoms with E-state index in [0.717, 1.165) is 0 Å². The molecule has 0 bridgehead atoms. The molecular formula is C17H15N7O3. The Bertz CT molecular complexity index is 951. The molecule has 2 heterocycles. The van der Waals surface area contributed by atoms with Gasteiger partial charge in [-0.3, -0.25) is 30.7 Å². The highest BCUT2D eigenvalue weighted by Gasteiger charge is 2.26. The number of nitrogens with one attached hydrogen (secondary N) is 2. The average molecular weight is 365 g/mol.